The van der Waals surface area contributed by atoms with E-state index in [9.17, 15) is 35.5 Å². The number of carboxylic acid groups (broad SMARTS) is 1. The number of alkyl halides is 7. The van der Waals surface area contributed by atoms with Gasteiger partial charge in [-0.15, -0.1) is 0 Å². The molecule has 3 aromatic rings. The molecule has 3 aromatic heterocycles. The Morgan fingerprint density at radius 3 is 1.91 bits per heavy atom. The van der Waals surface area contributed by atoms with Gasteiger partial charge in [0.25, 0.3) is 0 Å². The van der Waals surface area contributed by atoms with E-state index in [1.54, 1.807) is 32.0 Å². The summed E-state index contributed by atoms with van der Waals surface area (Å²) < 4.78 is 91.5. The van der Waals surface area contributed by atoms with Gasteiger partial charge in [0.2, 0.25) is 0 Å². The van der Waals surface area contributed by atoms with Crippen LogP contribution in [0.3, 0.4) is 0 Å². The Labute approximate surface area is 188 Å². The van der Waals surface area contributed by atoms with Crippen LogP contribution in [0.15, 0.2) is 54.7 Å². The highest BCUT2D eigenvalue weighted by Crippen LogP contribution is 2.51. The first-order chi connectivity index (χ1) is 15.6. The minimum atomic E-state index is -6.47. The maximum absolute atomic E-state index is 13.9. The zero-order chi connectivity index (χ0) is 25.5. The van der Waals surface area contributed by atoms with E-state index >= 15 is 0 Å². The molecular formula is C22H16F7N3O2. The van der Waals surface area contributed by atoms with Gasteiger partial charge in [0.15, 0.2) is 0 Å². The van der Waals surface area contributed by atoms with Gasteiger partial charge in [0.05, 0.1) is 17.1 Å². The van der Waals surface area contributed by atoms with Crippen molar-refractivity contribution in [3.8, 4) is 11.3 Å². The van der Waals surface area contributed by atoms with E-state index in [1.165, 1.54) is 18.2 Å². The smallest absolute Gasteiger partial charge is 0.460 e. The van der Waals surface area contributed by atoms with Gasteiger partial charge in [0.1, 0.15) is 11.4 Å². The fourth-order valence-electron chi connectivity index (χ4n) is 3.05. The van der Waals surface area contributed by atoms with E-state index in [0.29, 0.717) is 17.5 Å². The highest BCUT2D eigenvalue weighted by atomic mass is 19.4. The van der Waals surface area contributed by atoms with Crippen LogP contribution in [-0.4, -0.2) is 38.1 Å². The predicted molar refractivity (Wildman–Crippen MR) is 106 cm³/mol. The molecule has 3 rings (SSSR count). The van der Waals surface area contributed by atoms with Crippen molar-refractivity contribution in [3.05, 3.63) is 77.5 Å². The van der Waals surface area contributed by atoms with E-state index in [4.69, 9.17) is 5.11 Å². The fraction of sp³-hybridized carbons (Fsp3) is 0.273. The molecule has 0 saturated heterocycles. The molecule has 0 radical (unpaired) electrons. The van der Waals surface area contributed by atoms with Crippen molar-refractivity contribution in [1.29, 1.82) is 0 Å². The number of rotatable bonds is 6. The second-order valence-electron chi connectivity index (χ2n) is 7.82. The van der Waals surface area contributed by atoms with Crippen LogP contribution in [-0.2, 0) is 11.3 Å². The molecule has 0 aliphatic rings. The summed E-state index contributed by atoms with van der Waals surface area (Å²) in [6, 6.07) is 10.3. The van der Waals surface area contributed by atoms with Crippen LogP contribution in [0.4, 0.5) is 30.7 Å². The Balaban J connectivity index is 1.96. The van der Waals surface area contributed by atoms with Crippen molar-refractivity contribution in [1.82, 2.24) is 15.0 Å². The van der Waals surface area contributed by atoms with Crippen LogP contribution in [0, 0.1) is 0 Å². The molecule has 0 amide bonds. The molecule has 0 aliphatic heterocycles. The maximum Gasteiger partial charge on any atom is 0.460 e. The zero-order valence-corrected chi connectivity index (χ0v) is 17.5. The summed E-state index contributed by atoms with van der Waals surface area (Å²) in [7, 11) is 0. The molecule has 0 unspecified atom stereocenters. The van der Waals surface area contributed by atoms with Crippen molar-refractivity contribution in [3.63, 3.8) is 0 Å². The van der Waals surface area contributed by atoms with E-state index in [2.05, 4.69) is 15.0 Å². The number of aromatic carboxylic acids is 1. The van der Waals surface area contributed by atoms with Gasteiger partial charge in [-0.3, -0.25) is 9.97 Å². The third-order valence-corrected chi connectivity index (χ3v) is 5.13. The number of hydrogen-bond acceptors (Lipinski definition) is 4. The van der Waals surface area contributed by atoms with E-state index in [1.807, 2.05) is 0 Å². The number of hydrogen-bond donors (Lipinski definition) is 1. The van der Waals surface area contributed by atoms with Gasteiger partial charge >= 0.3 is 24.0 Å². The van der Waals surface area contributed by atoms with Crippen LogP contribution < -0.4 is 0 Å². The summed E-state index contributed by atoms with van der Waals surface area (Å²) in [5, 5.41) is 9.16. The van der Waals surface area contributed by atoms with Crippen LogP contribution in [0.25, 0.3) is 11.3 Å². The molecule has 0 aliphatic carbocycles. The molecule has 5 nitrogen and oxygen atoms in total. The van der Waals surface area contributed by atoms with Crippen molar-refractivity contribution in [2.24, 2.45) is 0 Å². The van der Waals surface area contributed by atoms with Crippen LogP contribution in [0.1, 0.15) is 41.4 Å². The number of nitrogens with zero attached hydrogens (tertiary/aromatic N) is 3. The summed E-state index contributed by atoms with van der Waals surface area (Å²) >= 11 is 0. The first kappa shape index (κ1) is 25.1. The van der Waals surface area contributed by atoms with Crippen molar-refractivity contribution >= 4 is 5.97 Å². The molecule has 0 atom stereocenters. The largest absolute Gasteiger partial charge is 0.477 e. The van der Waals surface area contributed by atoms with Gasteiger partial charge in [-0.1, -0.05) is 12.1 Å². The second kappa shape index (κ2) is 8.33. The van der Waals surface area contributed by atoms with Gasteiger partial charge in [0, 0.05) is 17.2 Å². The number of halogens is 7. The average Bonchev–Trinajstić information content (AvgIpc) is 2.78. The third kappa shape index (κ3) is 4.31. The molecule has 0 spiro atoms. The molecule has 1 N–H and O–H groups in total. The topological polar surface area (TPSA) is 76.0 Å². The Hall–Kier alpha value is -3.57. The first-order valence-electron chi connectivity index (χ1n) is 9.56. The summed E-state index contributed by atoms with van der Waals surface area (Å²) in [4.78, 5) is 22.9. The summed E-state index contributed by atoms with van der Waals surface area (Å²) in [5.41, 5.74) is -1.80. The SMILES string of the molecule is CC(C)(c1cccc(C(=O)O)n1)c1cccc(-c2ccc(C(F)(F)C(F)(F)C(F)(F)F)nc2)n1. The lowest BCUT2D eigenvalue weighted by Gasteiger charge is -2.27. The van der Waals surface area contributed by atoms with Crippen LogP contribution >= 0.6 is 0 Å². The molecule has 0 bridgehead atoms. The van der Waals surface area contributed by atoms with Crippen LogP contribution in [0.5, 0.6) is 0 Å². The van der Waals surface area contributed by atoms with Crippen molar-refractivity contribution in [2.75, 3.05) is 0 Å². The molecule has 0 saturated carbocycles. The van der Waals surface area contributed by atoms with Gasteiger partial charge in [-0.2, -0.15) is 30.7 Å². The number of carbonyl (C=O) groups is 1. The minimum absolute atomic E-state index is 0.0831. The van der Waals surface area contributed by atoms with Crippen molar-refractivity contribution in [2.45, 2.75) is 37.3 Å². The normalized spacial score (nSPS) is 13.1. The highest BCUT2D eigenvalue weighted by Gasteiger charge is 2.74. The monoisotopic (exact) mass is 487 g/mol. The molecule has 0 aromatic carbocycles. The molecule has 180 valence electrons. The standard InChI is InChI=1S/C22H16F7N3O2/c1-19(2,16-8-4-6-14(32-16)18(33)34)15-7-3-5-13(31-15)12-9-10-17(30-11-12)20(23,24)21(25,26)22(27,28)29/h3-11H,1-2H3,(H,33,34). The van der Waals surface area contributed by atoms with E-state index in [-0.39, 0.29) is 17.0 Å². The molecule has 12 heteroatoms. The van der Waals surface area contributed by atoms with Gasteiger partial charge in [-0.05, 0) is 50.2 Å². The minimum Gasteiger partial charge on any atom is -0.477 e. The number of pyridine rings is 3. The Morgan fingerprint density at radius 1 is 0.794 bits per heavy atom. The number of carboxylic acids is 1. The Bertz CT molecular complexity index is 1210. The summed E-state index contributed by atoms with van der Waals surface area (Å²) in [5.74, 6) is -13.1. The predicted octanol–water partition coefficient (Wildman–Crippen LogP) is 5.85. The van der Waals surface area contributed by atoms with Gasteiger partial charge < -0.3 is 5.11 Å². The first-order valence-corrected chi connectivity index (χ1v) is 9.56. The third-order valence-electron chi connectivity index (χ3n) is 5.13. The Morgan fingerprint density at radius 2 is 1.38 bits per heavy atom. The Kier molecular flexibility index (Phi) is 6.14. The maximum atomic E-state index is 13.9. The lowest BCUT2D eigenvalue weighted by atomic mass is 9.84. The number of aromatic nitrogens is 3. The summed E-state index contributed by atoms with van der Waals surface area (Å²) in [6.45, 7) is 3.43. The highest BCUT2D eigenvalue weighted by molar-refractivity contribution is 5.85. The lowest BCUT2D eigenvalue weighted by molar-refractivity contribution is -0.360. The van der Waals surface area contributed by atoms with E-state index in [0.717, 1.165) is 12.3 Å². The lowest BCUT2D eigenvalue weighted by Crippen LogP contribution is -2.50. The van der Waals surface area contributed by atoms with Crippen LogP contribution in [0.2, 0.25) is 0 Å². The quantitative estimate of drug-likeness (QED) is 0.442. The fourth-order valence-corrected chi connectivity index (χ4v) is 3.05. The van der Waals surface area contributed by atoms with Gasteiger partial charge in [-0.25, -0.2) is 9.78 Å². The molecule has 34 heavy (non-hydrogen) atoms. The average molecular weight is 487 g/mol. The second-order valence-corrected chi connectivity index (χ2v) is 7.82. The summed E-state index contributed by atoms with van der Waals surface area (Å²) in [6.07, 6.45) is -5.75. The molecule has 3 heterocycles. The van der Waals surface area contributed by atoms with E-state index < -0.39 is 35.1 Å². The molecular weight excluding hydrogens is 471 g/mol. The van der Waals surface area contributed by atoms with Crippen molar-refractivity contribution < 1.29 is 40.6 Å². The molecule has 0 fully saturated rings. The zero-order valence-electron chi connectivity index (χ0n) is 17.5.